The van der Waals surface area contributed by atoms with Gasteiger partial charge in [-0.2, -0.15) is 0 Å². The fourth-order valence-corrected chi connectivity index (χ4v) is 9.42. The number of fused-ring (bicyclic) bond motifs is 10. The smallest absolute Gasteiger partial charge is 0.317 e. The van der Waals surface area contributed by atoms with E-state index in [1.165, 1.54) is 64.2 Å². The lowest BCUT2D eigenvalue weighted by Crippen LogP contribution is -2.29. The van der Waals surface area contributed by atoms with Crippen LogP contribution in [-0.2, 0) is 19.1 Å². The molecule has 0 heterocycles. The van der Waals surface area contributed by atoms with Crippen LogP contribution in [0.1, 0.15) is 70.6 Å². The second-order valence-corrected chi connectivity index (χ2v) is 11.4. The lowest BCUT2D eigenvalue weighted by molar-refractivity contribution is -0.157. The van der Waals surface area contributed by atoms with E-state index in [2.05, 4.69) is 0 Å². The van der Waals surface area contributed by atoms with Gasteiger partial charge in [0.1, 0.15) is 6.42 Å². The second kappa shape index (κ2) is 7.27. The second-order valence-electron chi connectivity index (χ2n) is 11.4. The molecule has 4 heteroatoms. The molecule has 0 spiro atoms. The molecule has 0 aromatic heterocycles. The van der Waals surface area contributed by atoms with Crippen LogP contribution in [0.25, 0.3) is 0 Å². The summed E-state index contributed by atoms with van der Waals surface area (Å²) in [6.07, 6.45) is 13.4. The third-order valence-electron chi connectivity index (χ3n) is 10.3. The van der Waals surface area contributed by atoms with Gasteiger partial charge in [0.15, 0.2) is 0 Å². The van der Waals surface area contributed by atoms with E-state index in [0.717, 1.165) is 47.3 Å². The van der Waals surface area contributed by atoms with E-state index in [1.54, 1.807) is 0 Å². The van der Waals surface area contributed by atoms with Crippen LogP contribution in [0, 0.1) is 59.2 Å². The minimum Gasteiger partial charge on any atom is -0.465 e. The highest BCUT2D eigenvalue weighted by atomic mass is 16.6. The first kappa shape index (κ1) is 18.7. The lowest BCUT2D eigenvalue weighted by Gasteiger charge is -2.31. The summed E-state index contributed by atoms with van der Waals surface area (Å²) < 4.78 is 11.1. The molecule has 0 N–H and O–H groups in total. The molecule has 6 aliphatic rings. The molecule has 4 bridgehead atoms. The monoisotopic (exact) mass is 400 g/mol. The van der Waals surface area contributed by atoms with Crippen LogP contribution < -0.4 is 0 Å². The molecule has 4 nitrogen and oxygen atoms in total. The molecule has 160 valence electrons. The summed E-state index contributed by atoms with van der Waals surface area (Å²) in [5, 5.41) is 0. The number of hydrogen-bond acceptors (Lipinski definition) is 4. The van der Waals surface area contributed by atoms with Gasteiger partial charge in [-0.05, 0) is 111 Å². The Morgan fingerprint density at radius 1 is 0.586 bits per heavy atom. The van der Waals surface area contributed by atoms with Crippen LogP contribution in [0.15, 0.2) is 0 Å². The number of rotatable bonds is 6. The van der Waals surface area contributed by atoms with Crippen molar-refractivity contribution in [1.82, 2.24) is 0 Å². The normalized spacial score (nSPS) is 48.7. The van der Waals surface area contributed by atoms with Gasteiger partial charge >= 0.3 is 11.9 Å². The standard InChI is InChI=1S/C25H36O4/c26-24(28-12-16-7-14-9-22(16)20-5-1-3-18(14)20)11-25(27)29-13-17-8-15-10-23(17)21-6-2-4-19(15)21/h14-23H,1-13H2. The van der Waals surface area contributed by atoms with Gasteiger partial charge in [-0.3, -0.25) is 9.59 Å². The van der Waals surface area contributed by atoms with Crippen molar-refractivity contribution >= 4 is 11.9 Å². The Hall–Kier alpha value is -1.06. The van der Waals surface area contributed by atoms with Crippen LogP contribution in [0.4, 0.5) is 0 Å². The summed E-state index contributed by atoms with van der Waals surface area (Å²) in [7, 11) is 0. The molecule has 0 aliphatic heterocycles. The molecular formula is C25H36O4. The molecule has 6 rings (SSSR count). The van der Waals surface area contributed by atoms with E-state index < -0.39 is 0 Å². The highest BCUT2D eigenvalue weighted by Gasteiger charge is 2.54. The SMILES string of the molecule is O=C(CC(=O)OCC1CC2CC1C1CCCC21)OCC1CC2CC1C1CCCC21. The van der Waals surface area contributed by atoms with E-state index >= 15 is 0 Å². The largest absolute Gasteiger partial charge is 0.465 e. The summed E-state index contributed by atoms with van der Waals surface area (Å²) in [5.74, 6) is 7.31. The Kier molecular flexibility index (Phi) is 4.68. The average Bonchev–Trinajstić information content (AvgIpc) is 3.49. The molecule has 10 atom stereocenters. The van der Waals surface area contributed by atoms with Crippen molar-refractivity contribution in [1.29, 1.82) is 0 Å². The first-order valence-electron chi connectivity index (χ1n) is 12.5. The Balaban J connectivity index is 0.924. The zero-order chi connectivity index (χ0) is 19.5. The quantitative estimate of drug-likeness (QED) is 0.483. The van der Waals surface area contributed by atoms with Crippen molar-refractivity contribution in [3.8, 4) is 0 Å². The summed E-state index contributed by atoms with van der Waals surface area (Å²) >= 11 is 0. The van der Waals surface area contributed by atoms with Gasteiger partial charge in [-0.15, -0.1) is 0 Å². The number of hydrogen-bond donors (Lipinski definition) is 0. The van der Waals surface area contributed by atoms with Gasteiger partial charge in [0, 0.05) is 0 Å². The van der Waals surface area contributed by atoms with E-state index in [1.807, 2.05) is 0 Å². The Labute approximate surface area is 174 Å². The zero-order valence-electron chi connectivity index (χ0n) is 17.6. The molecule has 6 saturated carbocycles. The summed E-state index contributed by atoms with van der Waals surface area (Å²) in [4.78, 5) is 24.4. The van der Waals surface area contributed by atoms with Crippen LogP contribution in [0.2, 0.25) is 0 Å². The summed E-state index contributed by atoms with van der Waals surface area (Å²) in [6.45, 7) is 1.04. The van der Waals surface area contributed by atoms with E-state index in [9.17, 15) is 9.59 Å². The fraction of sp³-hybridized carbons (Fsp3) is 0.920. The van der Waals surface area contributed by atoms with Gasteiger partial charge < -0.3 is 9.47 Å². The van der Waals surface area contributed by atoms with Gasteiger partial charge in [0.25, 0.3) is 0 Å². The maximum Gasteiger partial charge on any atom is 0.317 e. The molecule has 0 aromatic carbocycles. The van der Waals surface area contributed by atoms with E-state index in [4.69, 9.17) is 9.47 Å². The van der Waals surface area contributed by atoms with Gasteiger partial charge in [0.05, 0.1) is 13.2 Å². The van der Waals surface area contributed by atoms with Crippen LogP contribution in [-0.4, -0.2) is 25.2 Å². The molecule has 6 aliphatic carbocycles. The predicted molar refractivity (Wildman–Crippen MR) is 108 cm³/mol. The Morgan fingerprint density at radius 3 is 1.52 bits per heavy atom. The Bertz CT molecular complexity index is 618. The maximum absolute atomic E-state index is 12.2. The van der Waals surface area contributed by atoms with Crippen molar-refractivity contribution in [3.05, 3.63) is 0 Å². The summed E-state index contributed by atoms with van der Waals surface area (Å²) in [6, 6.07) is 0. The number of esters is 2. The average molecular weight is 401 g/mol. The van der Waals surface area contributed by atoms with Crippen molar-refractivity contribution in [2.75, 3.05) is 13.2 Å². The first-order chi connectivity index (χ1) is 14.2. The molecule has 0 radical (unpaired) electrons. The highest BCUT2D eigenvalue weighted by Crippen LogP contribution is 2.62. The van der Waals surface area contributed by atoms with Gasteiger partial charge in [0.2, 0.25) is 0 Å². The Morgan fingerprint density at radius 2 is 1.03 bits per heavy atom. The number of carbonyl (C=O) groups excluding carboxylic acids is 2. The third kappa shape index (κ3) is 3.15. The molecule has 29 heavy (non-hydrogen) atoms. The zero-order valence-corrected chi connectivity index (χ0v) is 17.6. The van der Waals surface area contributed by atoms with Crippen LogP contribution in [0.5, 0.6) is 0 Å². The van der Waals surface area contributed by atoms with Crippen molar-refractivity contribution in [2.24, 2.45) is 59.2 Å². The fourth-order valence-electron chi connectivity index (χ4n) is 9.42. The van der Waals surface area contributed by atoms with Crippen LogP contribution >= 0.6 is 0 Å². The van der Waals surface area contributed by atoms with E-state index in [0.29, 0.717) is 25.0 Å². The van der Waals surface area contributed by atoms with E-state index in [-0.39, 0.29) is 18.4 Å². The van der Waals surface area contributed by atoms with Crippen LogP contribution in [0.3, 0.4) is 0 Å². The maximum atomic E-state index is 12.2. The van der Waals surface area contributed by atoms with Crippen molar-refractivity contribution < 1.29 is 19.1 Å². The third-order valence-corrected chi connectivity index (χ3v) is 10.3. The molecule has 0 saturated heterocycles. The minimum atomic E-state index is -0.385. The molecule has 0 amide bonds. The molecule has 0 aromatic rings. The molecule has 6 fully saturated rings. The number of ether oxygens (including phenoxy) is 2. The molecule has 10 unspecified atom stereocenters. The lowest BCUT2D eigenvalue weighted by atomic mass is 9.76. The van der Waals surface area contributed by atoms with Gasteiger partial charge in [-0.25, -0.2) is 0 Å². The molecular weight excluding hydrogens is 364 g/mol. The van der Waals surface area contributed by atoms with Crippen molar-refractivity contribution in [2.45, 2.75) is 70.6 Å². The van der Waals surface area contributed by atoms with Crippen molar-refractivity contribution in [3.63, 3.8) is 0 Å². The van der Waals surface area contributed by atoms with Gasteiger partial charge in [-0.1, -0.05) is 12.8 Å². The number of carbonyl (C=O) groups is 2. The summed E-state index contributed by atoms with van der Waals surface area (Å²) in [5.41, 5.74) is 0. The predicted octanol–water partition coefficient (Wildman–Crippen LogP) is 4.61. The topological polar surface area (TPSA) is 52.6 Å². The minimum absolute atomic E-state index is 0.209. The highest BCUT2D eigenvalue weighted by molar-refractivity contribution is 5.91. The first-order valence-corrected chi connectivity index (χ1v) is 12.5.